The third-order valence-corrected chi connectivity index (χ3v) is 4.60. The lowest BCUT2D eigenvalue weighted by Crippen LogP contribution is -2.42. The minimum atomic E-state index is -0.173. The van der Waals surface area contributed by atoms with Gasteiger partial charge in [-0.3, -0.25) is 4.99 Å². The zero-order chi connectivity index (χ0) is 17.4. The maximum atomic E-state index is 13.1. The van der Waals surface area contributed by atoms with Gasteiger partial charge in [0.25, 0.3) is 0 Å². The molecule has 2 rings (SSSR count). The first-order chi connectivity index (χ1) is 11.6. The number of hydrogen-bond donors (Lipinski definition) is 2. The van der Waals surface area contributed by atoms with E-state index < -0.39 is 0 Å². The molecule has 2 N–H and O–H groups in total. The molecule has 0 radical (unpaired) electrons. The van der Waals surface area contributed by atoms with E-state index in [4.69, 9.17) is 0 Å². The number of hydrogen-bond acceptors (Lipinski definition) is 2. The normalized spacial score (nSPS) is 16.4. The Morgan fingerprint density at radius 1 is 1.28 bits per heavy atom. The summed E-state index contributed by atoms with van der Waals surface area (Å²) in [5.74, 6) is 1.26. The van der Waals surface area contributed by atoms with Crippen LogP contribution in [0.25, 0.3) is 0 Å². The molecule has 1 aromatic carbocycles. The van der Waals surface area contributed by atoms with Gasteiger partial charge in [-0.2, -0.15) is 0 Å². The summed E-state index contributed by atoms with van der Waals surface area (Å²) >= 11 is 0. The molecule has 0 saturated carbocycles. The number of aryl methyl sites for hydroxylation is 1. The predicted octanol–water partition coefficient (Wildman–Crippen LogP) is 3.19. The summed E-state index contributed by atoms with van der Waals surface area (Å²) in [6, 6.07) is 4.97. The van der Waals surface area contributed by atoms with Crippen LogP contribution in [0.4, 0.5) is 4.39 Å². The van der Waals surface area contributed by atoms with E-state index in [1.165, 1.54) is 37.6 Å². The average Bonchev–Trinajstić information content (AvgIpc) is 3.05. The van der Waals surface area contributed by atoms with Crippen LogP contribution >= 0.6 is 24.0 Å². The molecule has 142 valence electrons. The van der Waals surface area contributed by atoms with Crippen LogP contribution in [-0.4, -0.2) is 50.6 Å². The number of halogens is 2. The summed E-state index contributed by atoms with van der Waals surface area (Å²) < 4.78 is 13.1. The van der Waals surface area contributed by atoms with E-state index in [0.717, 1.165) is 37.6 Å². The largest absolute Gasteiger partial charge is 0.356 e. The number of guanidine groups is 1. The summed E-state index contributed by atoms with van der Waals surface area (Å²) in [6.45, 7) is 9.58. The summed E-state index contributed by atoms with van der Waals surface area (Å²) in [5, 5.41) is 6.75. The van der Waals surface area contributed by atoms with Crippen molar-refractivity contribution in [2.45, 2.75) is 33.1 Å². The molecule has 0 spiro atoms. The molecular weight excluding hydrogens is 430 g/mol. The fraction of sp³-hybridized carbons (Fsp3) is 0.632. The Morgan fingerprint density at radius 2 is 2.00 bits per heavy atom. The van der Waals surface area contributed by atoms with Gasteiger partial charge in [0.05, 0.1) is 0 Å². The lowest BCUT2D eigenvalue weighted by Gasteiger charge is -2.21. The Hall–Kier alpha value is -0.890. The van der Waals surface area contributed by atoms with Crippen molar-refractivity contribution in [2.75, 3.05) is 39.8 Å². The van der Waals surface area contributed by atoms with Crippen molar-refractivity contribution in [3.63, 3.8) is 0 Å². The first kappa shape index (κ1) is 22.2. The van der Waals surface area contributed by atoms with Crippen LogP contribution in [0.2, 0.25) is 0 Å². The van der Waals surface area contributed by atoms with E-state index in [1.54, 1.807) is 13.1 Å². The van der Waals surface area contributed by atoms with Gasteiger partial charge >= 0.3 is 0 Å². The van der Waals surface area contributed by atoms with Crippen LogP contribution in [0.1, 0.15) is 30.9 Å². The minimum absolute atomic E-state index is 0. The molecule has 6 heteroatoms. The first-order valence-corrected chi connectivity index (χ1v) is 9.00. The van der Waals surface area contributed by atoms with Crippen molar-refractivity contribution >= 4 is 29.9 Å². The molecule has 0 aromatic heterocycles. The highest BCUT2D eigenvalue weighted by molar-refractivity contribution is 14.0. The van der Waals surface area contributed by atoms with Crippen molar-refractivity contribution in [3.05, 3.63) is 35.1 Å². The van der Waals surface area contributed by atoms with Crippen molar-refractivity contribution in [2.24, 2.45) is 10.9 Å². The number of nitrogens with one attached hydrogen (secondary N) is 2. The summed E-state index contributed by atoms with van der Waals surface area (Å²) in [4.78, 5) is 6.82. The Balaban J connectivity index is 0.00000312. The Labute approximate surface area is 168 Å². The number of benzene rings is 1. The van der Waals surface area contributed by atoms with Crippen LogP contribution in [0.3, 0.4) is 0 Å². The van der Waals surface area contributed by atoms with Crippen molar-refractivity contribution in [1.82, 2.24) is 15.5 Å². The Bertz CT molecular complexity index is 544. The topological polar surface area (TPSA) is 39.7 Å². The maximum Gasteiger partial charge on any atom is 0.190 e. The summed E-state index contributed by atoms with van der Waals surface area (Å²) in [6.07, 6.45) is 3.54. The third kappa shape index (κ3) is 7.90. The molecule has 1 atom stereocenters. The second-order valence-electron chi connectivity index (χ2n) is 6.81. The molecule has 0 bridgehead atoms. The number of rotatable bonds is 7. The summed E-state index contributed by atoms with van der Waals surface area (Å²) in [7, 11) is 1.80. The highest BCUT2D eigenvalue weighted by Gasteiger charge is 2.14. The lowest BCUT2D eigenvalue weighted by atomic mass is 10.1. The van der Waals surface area contributed by atoms with E-state index in [0.29, 0.717) is 5.92 Å². The smallest absolute Gasteiger partial charge is 0.190 e. The minimum Gasteiger partial charge on any atom is -0.356 e. The zero-order valence-electron chi connectivity index (χ0n) is 15.6. The molecular formula is C19H32FIN4. The number of aliphatic imine (C=N–C) groups is 1. The number of nitrogens with zero attached hydrogens (tertiary/aromatic N) is 2. The molecule has 0 amide bonds. The molecule has 1 heterocycles. The predicted molar refractivity (Wildman–Crippen MR) is 114 cm³/mol. The highest BCUT2D eigenvalue weighted by atomic mass is 127. The van der Waals surface area contributed by atoms with Crippen LogP contribution in [0, 0.1) is 18.7 Å². The Kier molecular flexibility index (Phi) is 10.3. The molecule has 4 nitrogen and oxygen atoms in total. The van der Waals surface area contributed by atoms with Crippen molar-refractivity contribution < 1.29 is 4.39 Å². The fourth-order valence-corrected chi connectivity index (χ4v) is 3.22. The SMILES string of the molecule is CN=C(NCCc1ccc(F)cc1C)NCC(C)CN1CCCC1.I. The molecule has 1 aliphatic rings. The van der Waals surface area contributed by atoms with Gasteiger partial charge in [0.1, 0.15) is 5.82 Å². The van der Waals surface area contributed by atoms with Crippen molar-refractivity contribution in [3.8, 4) is 0 Å². The van der Waals surface area contributed by atoms with E-state index in [-0.39, 0.29) is 29.8 Å². The maximum absolute atomic E-state index is 13.1. The molecule has 25 heavy (non-hydrogen) atoms. The molecule has 1 saturated heterocycles. The molecule has 1 fully saturated rings. The van der Waals surface area contributed by atoms with Gasteiger partial charge in [0.15, 0.2) is 5.96 Å². The van der Waals surface area contributed by atoms with Gasteiger partial charge in [-0.25, -0.2) is 4.39 Å². The number of likely N-dealkylation sites (tertiary alicyclic amines) is 1. The van der Waals surface area contributed by atoms with Gasteiger partial charge in [-0.1, -0.05) is 13.0 Å². The van der Waals surface area contributed by atoms with Crippen LogP contribution in [0.15, 0.2) is 23.2 Å². The van der Waals surface area contributed by atoms with Gasteiger partial charge in [-0.05, 0) is 68.5 Å². The highest BCUT2D eigenvalue weighted by Crippen LogP contribution is 2.11. The van der Waals surface area contributed by atoms with Gasteiger partial charge in [-0.15, -0.1) is 24.0 Å². The standard InChI is InChI=1S/C19H31FN4.HI/c1-15(14-24-10-4-5-11-24)13-23-19(21-3)22-9-8-17-6-7-18(20)12-16(17)2;/h6-7,12,15H,4-5,8-11,13-14H2,1-3H3,(H2,21,22,23);1H. The van der Waals surface area contributed by atoms with Crippen LogP contribution in [0.5, 0.6) is 0 Å². The van der Waals surface area contributed by atoms with E-state index in [1.807, 2.05) is 13.0 Å². The van der Waals surface area contributed by atoms with Gasteiger partial charge < -0.3 is 15.5 Å². The quantitative estimate of drug-likeness (QED) is 0.372. The second-order valence-corrected chi connectivity index (χ2v) is 6.81. The zero-order valence-corrected chi connectivity index (χ0v) is 18.0. The van der Waals surface area contributed by atoms with E-state index >= 15 is 0 Å². The monoisotopic (exact) mass is 462 g/mol. The second kappa shape index (κ2) is 11.7. The first-order valence-electron chi connectivity index (χ1n) is 9.00. The summed E-state index contributed by atoms with van der Waals surface area (Å²) in [5.41, 5.74) is 2.17. The van der Waals surface area contributed by atoms with E-state index in [2.05, 4.69) is 27.4 Å². The molecule has 1 unspecified atom stereocenters. The molecule has 1 aliphatic heterocycles. The molecule has 1 aromatic rings. The van der Waals surface area contributed by atoms with Crippen LogP contribution in [-0.2, 0) is 6.42 Å². The third-order valence-electron chi connectivity index (χ3n) is 4.60. The fourth-order valence-electron chi connectivity index (χ4n) is 3.22. The van der Waals surface area contributed by atoms with Crippen molar-refractivity contribution in [1.29, 1.82) is 0 Å². The van der Waals surface area contributed by atoms with Gasteiger partial charge in [0.2, 0.25) is 0 Å². The molecule has 0 aliphatic carbocycles. The van der Waals surface area contributed by atoms with Gasteiger partial charge in [0, 0.05) is 26.7 Å². The Morgan fingerprint density at radius 3 is 2.64 bits per heavy atom. The average molecular weight is 462 g/mol. The van der Waals surface area contributed by atoms with Crippen LogP contribution < -0.4 is 10.6 Å². The lowest BCUT2D eigenvalue weighted by molar-refractivity contribution is 0.287. The van der Waals surface area contributed by atoms with E-state index in [9.17, 15) is 4.39 Å².